The molecular formula is C17H12BrCl2F3N2O3S2. The summed E-state index contributed by atoms with van der Waals surface area (Å²) in [7, 11) is -3.68. The maximum Gasteiger partial charge on any atom is 0.435 e. The van der Waals surface area contributed by atoms with Gasteiger partial charge in [-0.1, -0.05) is 34.4 Å². The van der Waals surface area contributed by atoms with Gasteiger partial charge < -0.3 is 4.84 Å². The molecule has 0 fully saturated rings. The van der Waals surface area contributed by atoms with Crippen molar-refractivity contribution in [2.45, 2.75) is 23.1 Å². The highest BCUT2D eigenvalue weighted by Gasteiger charge is 2.62. The normalized spacial score (nSPS) is 19.5. The Morgan fingerprint density at radius 1 is 1.20 bits per heavy atom. The van der Waals surface area contributed by atoms with Crippen LogP contribution in [0.5, 0.6) is 0 Å². The van der Waals surface area contributed by atoms with E-state index in [9.17, 15) is 21.6 Å². The molecule has 30 heavy (non-hydrogen) atoms. The van der Waals surface area contributed by atoms with Gasteiger partial charge in [0.05, 0.1) is 5.71 Å². The molecule has 3 rings (SSSR count). The monoisotopic (exact) mass is 562 g/mol. The van der Waals surface area contributed by atoms with E-state index >= 15 is 0 Å². The molecule has 0 saturated carbocycles. The molecule has 1 unspecified atom stereocenters. The first-order valence-corrected chi connectivity index (χ1v) is 12.3. The van der Waals surface area contributed by atoms with Crippen molar-refractivity contribution >= 4 is 66.6 Å². The highest BCUT2D eigenvalue weighted by Crippen LogP contribution is 2.50. The van der Waals surface area contributed by atoms with E-state index in [0.29, 0.717) is 14.9 Å². The van der Waals surface area contributed by atoms with E-state index in [-0.39, 0.29) is 26.4 Å². The molecule has 1 aliphatic heterocycles. The lowest BCUT2D eigenvalue weighted by Gasteiger charge is -2.29. The molecule has 1 atom stereocenters. The van der Waals surface area contributed by atoms with E-state index in [0.717, 1.165) is 23.9 Å². The molecule has 0 amide bonds. The highest BCUT2D eigenvalue weighted by atomic mass is 79.9. The summed E-state index contributed by atoms with van der Waals surface area (Å²) in [6.07, 6.45) is -5.39. The fourth-order valence-corrected chi connectivity index (χ4v) is 5.56. The lowest BCUT2D eigenvalue weighted by atomic mass is 9.86. The Bertz CT molecular complexity index is 1110. The summed E-state index contributed by atoms with van der Waals surface area (Å²) in [6, 6.07) is 8.22. The predicted octanol–water partition coefficient (Wildman–Crippen LogP) is 5.68. The molecule has 1 aliphatic rings. The molecule has 0 aliphatic carbocycles. The van der Waals surface area contributed by atoms with Crippen molar-refractivity contribution in [3.63, 3.8) is 0 Å². The average Bonchev–Trinajstić information content (AvgIpc) is 3.05. The number of rotatable bonds is 5. The fourth-order valence-electron chi connectivity index (χ4n) is 2.79. The first-order chi connectivity index (χ1) is 13.8. The minimum atomic E-state index is -4.80. The summed E-state index contributed by atoms with van der Waals surface area (Å²) in [5.74, 6) is 0. The number of alkyl halides is 3. The SMILES string of the molecule is NS(=O)(=O)CSc1ccc(C2=NOC(c3cc(Cl)cc(Cl)c3)(C(F)(F)F)C2)cc1Br. The number of hydrogen-bond donors (Lipinski definition) is 1. The van der Waals surface area contributed by atoms with Crippen molar-refractivity contribution < 1.29 is 26.4 Å². The van der Waals surface area contributed by atoms with Gasteiger partial charge >= 0.3 is 6.18 Å². The van der Waals surface area contributed by atoms with Gasteiger partial charge in [-0.2, -0.15) is 13.2 Å². The summed E-state index contributed by atoms with van der Waals surface area (Å²) in [6.45, 7) is 0. The average molecular weight is 564 g/mol. The smallest absolute Gasteiger partial charge is 0.374 e. The van der Waals surface area contributed by atoms with Gasteiger partial charge in [0.15, 0.2) is 0 Å². The number of thioether (sulfide) groups is 1. The minimum Gasteiger partial charge on any atom is -0.374 e. The second-order valence-electron chi connectivity index (χ2n) is 6.36. The van der Waals surface area contributed by atoms with Crippen molar-refractivity contribution in [2.75, 3.05) is 5.08 Å². The van der Waals surface area contributed by atoms with Gasteiger partial charge in [0.2, 0.25) is 10.0 Å². The second kappa shape index (κ2) is 8.51. The zero-order valence-electron chi connectivity index (χ0n) is 14.7. The largest absolute Gasteiger partial charge is 0.435 e. The maximum absolute atomic E-state index is 14.0. The first kappa shape index (κ1) is 23.7. The van der Waals surface area contributed by atoms with Crippen molar-refractivity contribution in [2.24, 2.45) is 10.3 Å². The van der Waals surface area contributed by atoms with Crippen LogP contribution in [0.2, 0.25) is 10.0 Å². The number of nitrogens with zero attached hydrogens (tertiary/aromatic N) is 1. The lowest BCUT2D eigenvalue weighted by Crippen LogP contribution is -2.42. The van der Waals surface area contributed by atoms with Gasteiger partial charge in [-0.3, -0.25) is 0 Å². The predicted molar refractivity (Wildman–Crippen MR) is 114 cm³/mol. The minimum absolute atomic E-state index is 0.0390. The summed E-state index contributed by atoms with van der Waals surface area (Å²) < 4.78 is 64.9. The van der Waals surface area contributed by atoms with Crippen molar-refractivity contribution in [3.05, 3.63) is 62.0 Å². The van der Waals surface area contributed by atoms with Crippen molar-refractivity contribution in [1.29, 1.82) is 0 Å². The van der Waals surface area contributed by atoms with Crippen LogP contribution in [-0.2, 0) is 20.5 Å². The molecule has 2 aromatic rings. The Morgan fingerprint density at radius 2 is 1.83 bits per heavy atom. The third-order valence-corrected chi connectivity index (χ3v) is 7.97. The van der Waals surface area contributed by atoms with Gasteiger partial charge in [-0.25, -0.2) is 13.6 Å². The third-order valence-electron chi connectivity index (χ3n) is 4.16. The fraction of sp³-hybridized carbons (Fsp3) is 0.235. The summed E-state index contributed by atoms with van der Waals surface area (Å²) >= 11 is 16.0. The number of hydrogen-bond acceptors (Lipinski definition) is 5. The van der Waals surface area contributed by atoms with Crippen molar-refractivity contribution in [3.8, 4) is 0 Å². The zero-order chi connectivity index (χ0) is 22.3. The first-order valence-electron chi connectivity index (χ1n) is 8.02. The lowest BCUT2D eigenvalue weighted by molar-refractivity contribution is -0.275. The summed E-state index contributed by atoms with van der Waals surface area (Å²) in [5, 5.41) is 8.40. The number of oxime groups is 1. The Morgan fingerprint density at radius 3 is 2.37 bits per heavy atom. The Balaban J connectivity index is 1.92. The van der Waals surface area contributed by atoms with E-state index in [1.54, 1.807) is 6.07 Å². The van der Waals surface area contributed by atoms with Gasteiger partial charge in [-0.05, 0) is 46.3 Å². The molecule has 1 heterocycles. The van der Waals surface area contributed by atoms with Crippen LogP contribution in [0.4, 0.5) is 13.2 Å². The topological polar surface area (TPSA) is 81.8 Å². The number of primary sulfonamides is 1. The molecular weight excluding hydrogens is 552 g/mol. The van der Waals surface area contributed by atoms with E-state index in [2.05, 4.69) is 21.1 Å². The van der Waals surface area contributed by atoms with Crippen LogP contribution in [0.1, 0.15) is 17.5 Å². The quantitative estimate of drug-likeness (QED) is 0.475. The highest BCUT2D eigenvalue weighted by molar-refractivity contribution is 9.10. The second-order valence-corrected chi connectivity index (χ2v) is 11.1. The van der Waals surface area contributed by atoms with Crippen LogP contribution in [0.25, 0.3) is 0 Å². The van der Waals surface area contributed by atoms with E-state index < -0.39 is 28.2 Å². The Kier molecular flexibility index (Phi) is 6.72. The maximum atomic E-state index is 14.0. The number of halogens is 6. The van der Waals surface area contributed by atoms with E-state index in [1.807, 2.05) is 0 Å². The van der Waals surface area contributed by atoms with E-state index in [4.69, 9.17) is 33.2 Å². The molecule has 0 spiro atoms. The summed E-state index contributed by atoms with van der Waals surface area (Å²) in [4.78, 5) is 5.51. The van der Waals surface area contributed by atoms with Crippen LogP contribution < -0.4 is 5.14 Å². The van der Waals surface area contributed by atoms with Crippen LogP contribution in [0, 0.1) is 0 Å². The van der Waals surface area contributed by atoms with Gasteiger partial charge in [0, 0.05) is 37.0 Å². The van der Waals surface area contributed by atoms with Gasteiger partial charge in [0.25, 0.3) is 5.60 Å². The van der Waals surface area contributed by atoms with E-state index in [1.165, 1.54) is 18.2 Å². The zero-order valence-corrected chi connectivity index (χ0v) is 19.4. The number of benzene rings is 2. The molecule has 0 radical (unpaired) electrons. The van der Waals surface area contributed by atoms with Crippen LogP contribution in [0.3, 0.4) is 0 Å². The molecule has 0 saturated heterocycles. The van der Waals surface area contributed by atoms with Gasteiger partial charge in [0.1, 0.15) is 5.08 Å². The van der Waals surface area contributed by atoms with Gasteiger partial charge in [-0.15, -0.1) is 11.8 Å². The third kappa shape index (κ3) is 5.08. The molecule has 2 N–H and O–H groups in total. The number of nitrogens with two attached hydrogens (primary N) is 1. The molecule has 0 bridgehead atoms. The molecule has 5 nitrogen and oxygen atoms in total. The standard InChI is InChI=1S/C17H12BrCl2F3N2O3S2/c18-13-3-9(1-2-15(13)29-8-30(24,26)27)14-7-16(28-25-14,17(21,22)23)10-4-11(19)6-12(20)5-10/h1-6H,7-8H2,(H2,24,26,27). The molecule has 162 valence electrons. The van der Waals surface area contributed by atoms with Crippen molar-refractivity contribution in [1.82, 2.24) is 0 Å². The summed E-state index contributed by atoms with van der Waals surface area (Å²) in [5.41, 5.74) is -2.55. The Hall–Kier alpha value is -0.980. The Labute approximate surface area is 192 Å². The molecule has 13 heteroatoms. The number of sulfonamides is 1. The van der Waals surface area contributed by atoms with Crippen LogP contribution in [-0.4, -0.2) is 25.4 Å². The molecule has 2 aromatic carbocycles. The molecule has 0 aromatic heterocycles. The van der Waals surface area contributed by atoms with Crippen LogP contribution in [0.15, 0.2) is 50.9 Å². The van der Waals surface area contributed by atoms with Crippen LogP contribution >= 0.6 is 50.9 Å².